The van der Waals surface area contributed by atoms with Crippen LogP contribution in [-0.2, 0) is 25.7 Å². The van der Waals surface area contributed by atoms with Crippen molar-refractivity contribution in [3.05, 3.63) is 47.2 Å². The number of carboxylic acids is 1. The van der Waals surface area contributed by atoms with E-state index in [0.717, 1.165) is 10.5 Å². The van der Waals surface area contributed by atoms with Crippen LogP contribution < -0.4 is 10.6 Å². The maximum Gasteiger partial charge on any atom is 0.352 e. The van der Waals surface area contributed by atoms with Gasteiger partial charge < -0.3 is 20.5 Å². The van der Waals surface area contributed by atoms with E-state index < -0.39 is 35.3 Å². The molecule has 3 rings (SSSR count). The molecule has 0 aliphatic carbocycles. The number of rotatable bonds is 6. The topological polar surface area (TPSA) is 125 Å². The molecule has 10 heteroatoms. The number of carbonyl (C=O) groups is 4. The third-order valence-corrected chi connectivity index (χ3v) is 5.62. The monoisotopic (exact) mass is 405 g/mol. The fourth-order valence-electron chi connectivity index (χ4n) is 2.95. The Bertz CT molecular complexity index is 841. The molecule has 9 nitrogen and oxygen atoms in total. The van der Waals surface area contributed by atoms with Crippen LogP contribution in [0.3, 0.4) is 0 Å². The van der Waals surface area contributed by atoms with E-state index in [1.807, 2.05) is 30.3 Å². The van der Waals surface area contributed by atoms with Crippen molar-refractivity contribution in [2.75, 3.05) is 12.4 Å². The Morgan fingerprint density at radius 2 is 2.00 bits per heavy atom. The number of aliphatic carboxylic acids is 1. The molecule has 2 aliphatic heterocycles. The summed E-state index contributed by atoms with van der Waals surface area (Å²) in [6.07, 6.45) is 0. The van der Waals surface area contributed by atoms with Crippen molar-refractivity contribution < 1.29 is 29.0 Å². The van der Waals surface area contributed by atoms with Crippen LogP contribution in [0.25, 0.3) is 0 Å². The summed E-state index contributed by atoms with van der Waals surface area (Å²) < 4.78 is 4.88. The second kappa shape index (κ2) is 8.34. The van der Waals surface area contributed by atoms with Crippen molar-refractivity contribution in [1.82, 2.24) is 15.5 Å². The molecule has 2 heterocycles. The molecule has 3 N–H and O–H groups in total. The van der Waals surface area contributed by atoms with Crippen molar-refractivity contribution in [2.45, 2.75) is 24.9 Å². The number of carbonyl (C=O) groups excluding carboxylic acids is 3. The number of nitrogens with one attached hydrogen (secondary N) is 2. The van der Waals surface area contributed by atoms with Gasteiger partial charge in [-0.1, -0.05) is 30.3 Å². The van der Waals surface area contributed by atoms with Gasteiger partial charge in [0.25, 0.3) is 5.91 Å². The second-order valence-electron chi connectivity index (χ2n) is 6.24. The fraction of sp³-hybridized carbons (Fsp3) is 0.333. The lowest BCUT2D eigenvalue weighted by Gasteiger charge is -2.49. The first-order valence-electron chi connectivity index (χ1n) is 8.50. The van der Waals surface area contributed by atoms with Gasteiger partial charge in [0.15, 0.2) is 0 Å². The number of esters is 1. The number of ether oxygens (including phenoxy) is 1. The van der Waals surface area contributed by atoms with Gasteiger partial charge in [0, 0.05) is 24.8 Å². The molecule has 3 amide bonds. The zero-order valence-electron chi connectivity index (χ0n) is 15.0. The van der Waals surface area contributed by atoms with Crippen molar-refractivity contribution >= 4 is 35.6 Å². The predicted octanol–water partition coefficient (Wildman–Crippen LogP) is 0.671. The maximum atomic E-state index is 12.5. The molecular weight excluding hydrogens is 386 g/mol. The predicted molar refractivity (Wildman–Crippen MR) is 100.0 cm³/mol. The summed E-state index contributed by atoms with van der Waals surface area (Å²) in [6.45, 7) is 1.35. The highest BCUT2D eigenvalue weighted by atomic mass is 32.2. The van der Waals surface area contributed by atoms with Crippen molar-refractivity contribution in [1.29, 1.82) is 0 Å². The summed E-state index contributed by atoms with van der Waals surface area (Å²) in [5, 5.41) is 14.3. The zero-order chi connectivity index (χ0) is 20.3. The summed E-state index contributed by atoms with van der Waals surface area (Å²) in [7, 11) is 0. The molecule has 0 unspecified atom stereocenters. The first kappa shape index (κ1) is 19.7. The SMILES string of the molecule is CC(=O)OCC1=C(C(=O)O)N2C(=O)[C@@H](NC(=O)NCc3ccccc3)[C@H]2SC1. The van der Waals surface area contributed by atoms with E-state index in [9.17, 15) is 24.3 Å². The van der Waals surface area contributed by atoms with Crippen LogP contribution in [0.4, 0.5) is 4.79 Å². The summed E-state index contributed by atoms with van der Waals surface area (Å²) in [4.78, 5) is 48.3. The highest BCUT2D eigenvalue weighted by Crippen LogP contribution is 2.40. The molecule has 2 atom stereocenters. The largest absolute Gasteiger partial charge is 0.477 e. The van der Waals surface area contributed by atoms with E-state index in [-0.39, 0.29) is 18.1 Å². The van der Waals surface area contributed by atoms with Crippen LogP contribution in [0.1, 0.15) is 12.5 Å². The van der Waals surface area contributed by atoms with Crippen LogP contribution in [0.15, 0.2) is 41.6 Å². The quantitative estimate of drug-likeness (QED) is 0.469. The van der Waals surface area contributed by atoms with E-state index >= 15 is 0 Å². The van der Waals surface area contributed by atoms with Crippen molar-refractivity contribution in [2.24, 2.45) is 0 Å². The molecule has 1 saturated heterocycles. The molecule has 0 saturated carbocycles. The third-order valence-electron chi connectivity index (χ3n) is 4.28. The lowest BCUT2D eigenvalue weighted by molar-refractivity contribution is -0.149. The van der Waals surface area contributed by atoms with E-state index in [0.29, 0.717) is 12.1 Å². The molecule has 0 spiro atoms. The molecule has 0 aromatic heterocycles. The number of nitrogens with zero attached hydrogens (tertiary/aromatic N) is 1. The lowest BCUT2D eigenvalue weighted by atomic mass is 10.0. The number of thioether (sulfide) groups is 1. The van der Waals surface area contributed by atoms with Gasteiger partial charge in [-0.25, -0.2) is 9.59 Å². The van der Waals surface area contributed by atoms with Gasteiger partial charge >= 0.3 is 18.0 Å². The fourth-order valence-corrected chi connectivity index (χ4v) is 4.28. The Morgan fingerprint density at radius 1 is 1.29 bits per heavy atom. The minimum atomic E-state index is -1.27. The number of carboxylic acid groups (broad SMARTS) is 1. The Hall–Kier alpha value is -3.01. The molecule has 0 radical (unpaired) electrons. The van der Waals surface area contributed by atoms with Crippen LogP contribution in [-0.4, -0.2) is 57.7 Å². The van der Waals surface area contributed by atoms with Crippen LogP contribution in [0, 0.1) is 0 Å². The first-order valence-corrected chi connectivity index (χ1v) is 9.55. The number of hydrogen-bond donors (Lipinski definition) is 3. The molecule has 148 valence electrons. The van der Waals surface area contributed by atoms with Gasteiger partial charge in [-0.2, -0.15) is 0 Å². The smallest absolute Gasteiger partial charge is 0.352 e. The standard InChI is InChI=1S/C18H19N3O6S/c1-10(22)27-8-12-9-28-16-13(15(23)21(16)14(12)17(24)25)20-18(26)19-7-11-5-3-2-4-6-11/h2-6,13,16H,7-9H2,1H3,(H,24,25)(H2,19,20,26)/t13-,16-/m1/s1. The summed E-state index contributed by atoms with van der Waals surface area (Å²) in [5.74, 6) is -2.03. The van der Waals surface area contributed by atoms with Crippen LogP contribution >= 0.6 is 11.8 Å². The molecule has 2 aliphatic rings. The molecule has 1 aromatic rings. The van der Waals surface area contributed by atoms with Gasteiger partial charge in [0.2, 0.25) is 0 Å². The van der Waals surface area contributed by atoms with Gasteiger partial charge in [0.1, 0.15) is 23.7 Å². The average molecular weight is 405 g/mol. The Labute approximate surface area is 165 Å². The molecule has 0 bridgehead atoms. The number of benzene rings is 1. The Kier molecular flexibility index (Phi) is 5.88. The Morgan fingerprint density at radius 3 is 2.64 bits per heavy atom. The zero-order valence-corrected chi connectivity index (χ0v) is 15.8. The molecule has 1 aromatic carbocycles. The van der Waals surface area contributed by atoms with Gasteiger partial charge in [0.05, 0.1) is 0 Å². The van der Waals surface area contributed by atoms with Gasteiger partial charge in [-0.3, -0.25) is 14.5 Å². The third kappa shape index (κ3) is 4.11. The van der Waals surface area contributed by atoms with Crippen molar-refractivity contribution in [3.8, 4) is 0 Å². The normalized spacial score (nSPS) is 20.8. The highest BCUT2D eigenvalue weighted by molar-refractivity contribution is 8.00. The first-order chi connectivity index (χ1) is 13.4. The minimum Gasteiger partial charge on any atom is -0.477 e. The average Bonchev–Trinajstić information content (AvgIpc) is 2.68. The van der Waals surface area contributed by atoms with Crippen molar-refractivity contribution in [3.63, 3.8) is 0 Å². The summed E-state index contributed by atoms with van der Waals surface area (Å²) in [6, 6.07) is 7.99. The summed E-state index contributed by atoms with van der Waals surface area (Å²) >= 11 is 1.31. The number of hydrogen-bond acceptors (Lipinski definition) is 6. The maximum absolute atomic E-state index is 12.5. The van der Waals surface area contributed by atoms with Gasteiger partial charge in [-0.15, -0.1) is 11.8 Å². The molecule has 28 heavy (non-hydrogen) atoms. The van der Waals surface area contributed by atoms with Crippen LogP contribution in [0.2, 0.25) is 0 Å². The van der Waals surface area contributed by atoms with E-state index in [1.54, 1.807) is 0 Å². The van der Waals surface area contributed by atoms with E-state index in [2.05, 4.69) is 10.6 Å². The lowest BCUT2D eigenvalue weighted by Crippen LogP contribution is -2.71. The Balaban J connectivity index is 1.62. The van der Waals surface area contributed by atoms with Gasteiger partial charge in [-0.05, 0) is 5.56 Å². The molecule has 1 fully saturated rings. The number of fused-ring (bicyclic) bond motifs is 1. The highest BCUT2D eigenvalue weighted by Gasteiger charge is 2.54. The van der Waals surface area contributed by atoms with E-state index in [4.69, 9.17) is 4.74 Å². The second-order valence-corrected chi connectivity index (χ2v) is 7.34. The number of amides is 3. The van der Waals surface area contributed by atoms with E-state index in [1.165, 1.54) is 18.7 Å². The van der Waals surface area contributed by atoms with Crippen LogP contribution in [0.5, 0.6) is 0 Å². The number of β-lactam (4-membered cyclic amide) rings is 1. The summed E-state index contributed by atoms with van der Waals surface area (Å²) in [5.41, 5.74) is 1.08. The number of urea groups is 1. The minimum absolute atomic E-state index is 0.183. The molecular formula is C18H19N3O6S.